The molecule has 0 nitrogen and oxygen atoms in total. The third kappa shape index (κ3) is 3.15. The minimum absolute atomic E-state index is 0.0413. The van der Waals surface area contributed by atoms with Crippen LogP contribution in [0.4, 0.5) is 4.39 Å². The van der Waals surface area contributed by atoms with Crippen LogP contribution in [-0.4, -0.2) is 0 Å². The summed E-state index contributed by atoms with van der Waals surface area (Å²) in [6.07, 6.45) is 4.50. The second kappa shape index (κ2) is 7.08. The summed E-state index contributed by atoms with van der Waals surface area (Å²) < 4.78 is 13.9. The molecular formula is C18H22ClF. The first-order valence-electron chi connectivity index (χ1n) is 7.50. The summed E-state index contributed by atoms with van der Waals surface area (Å²) in [7, 11) is 0. The predicted octanol–water partition coefficient (Wildman–Crippen LogP) is 6.48. The smallest absolute Gasteiger partial charge is 0.131 e. The molecule has 2 aromatic carbocycles. The zero-order chi connectivity index (χ0) is 14.5. The Bertz CT molecular complexity index is 558. The van der Waals surface area contributed by atoms with Gasteiger partial charge in [0.25, 0.3) is 0 Å². The highest BCUT2D eigenvalue weighted by atomic mass is 35.5. The third-order valence-electron chi connectivity index (χ3n) is 3.93. The van der Waals surface area contributed by atoms with Crippen molar-refractivity contribution in [3.8, 4) is 0 Å². The fourth-order valence-electron chi connectivity index (χ4n) is 2.96. The van der Waals surface area contributed by atoms with Gasteiger partial charge in [0.2, 0.25) is 0 Å². The second-order valence-electron chi connectivity index (χ2n) is 5.42. The van der Waals surface area contributed by atoms with Crippen LogP contribution in [0.3, 0.4) is 0 Å². The van der Waals surface area contributed by atoms with E-state index >= 15 is 0 Å². The van der Waals surface area contributed by atoms with Crippen molar-refractivity contribution in [3.05, 3.63) is 47.8 Å². The lowest BCUT2D eigenvalue weighted by atomic mass is 9.88. The van der Waals surface area contributed by atoms with Crippen LogP contribution < -0.4 is 0 Å². The molecule has 108 valence electrons. The Morgan fingerprint density at radius 1 is 0.950 bits per heavy atom. The third-order valence-corrected chi connectivity index (χ3v) is 4.53. The van der Waals surface area contributed by atoms with Gasteiger partial charge in [-0.1, -0.05) is 57.0 Å². The first-order chi connectivity index (χ1) is 9.69. The van der Waals surface area contributed by atoms with Gasteiger partial charge in [0.1, 0.15) is 5.82 Å². The Hall–Kier alpha value is -1.08. The molecule has 0 aliphatic carbocycles. The van der Waals surface area contributed by atoms with Gasteiger partial charge in [-0.15, -0.1) is 11.6 Å². The minimum atomic E-state index is -0.171. The normalized spacial score (nSPS) is 13.1. The van der Waals surface area contributed by atoms with Crippen molar-refractivity contribution in [2.24, 2.45) is 5.92 Å². The number of alkyl halides is 1. The van der Waals surface area contributed by atoms with E-state index in [1.54, 1.807) is 6.07 Å². The summed E-state index contributed by atoms with van der Waals surface area (Å²) in [6, 6.07) is 11.0. The largest absolute Gasteiger partial charge is 0.206 e. The van der Waals surface area contributed by atoms with Crippen LogP contribution >= 0.6 is 11.6 Å². The molecule has 0 bridgehead atoms. The van der Waals surface area contributed by atoms with Gasteiger partial charge >= 0.3 is 0 Å². The van der Waals surface area contributed by atoms with Crippen LogP contribution in [-0.2, 0) is 0 Å². The van der Waals surface area contributed by atoms with E-state index in [1.165, 1.54) is 0 Å². The molecule has 0 spiro atoms. The molecule has 0 amide bonds. The molecule has 0 saturated heterocycles. The fourth-order valence-corrected chi connectivity index (χ4v) is 3.40. The van der Waals surface area contributed by atoms with Crippen molar-refractivity contribution in [2.75, 3.05) is 0 Å². The van der Waals surface area contributed by atoms with Crippen molar-refractivity contribution < 1.29 is 4.39 Å². The van der Waals surface area contributed by atoms with E-state index in [0.717, 1.165) is 36.6 Å². The van der Waals surface area contributed by atoms with Crippen molar-refractivity contribution in [3.63, 3.8) is 0 Å². The molecule has 2 rings (SSSR count). The maximum Gasteiger partial charge on any atom is 0.131 e. The maximum absolute atomic E-state index is 13.9. The van der Waals surface area contributed by atoms with Crippen LogP contribution in [0.1, 0.15) is 50.5 Å². The van der Waals surface area contributed by atoms with Crippen LogP contribution in [0.2, 0.25) is 0 Å². The van der Waals surface area contributed by atoms with Gasteiger partial charge in [0.15, 0.2) is 0 Å². The molecule has 0 radical (unpaired) electrons. The Morgan fingerprint density at radius 3 is 2.15 bits per heavy atom. The lowest BCUT2D eigenvalue weighted by molar-refractivity contribution is 0.427. The molecule has 0 aliphatic heterocycles. The predicted molar refractivity (Wildman–Crippen MR) is 85.8 cm³/mol. The number of hydrogen-bond donors (Lipinski definition) is 0. The summed E-state index contributed by atoms with van der Waals surface area (Å²) in [6.45, 7) is 4.38. The molecule has 20 heavy (non-hydrogen) atoms. The molecule has 2 aromatic rings. The molecule has 0 aromatic heterocycles. The first kappa shape index (κ1) is 15.3. The zero-order valence-corrected chi connectivity index (χ0v) is 13.0. The van der Waals surface area contributed by atoms with E-state index in [-0.39, 0.29) is 11.2 Å². The van der Waals surface area contributed by atoms with E-state index in [9.17, 15) is 4.39 Å². The van der Waals surface area contributed by atoms with Crippen molar-refractivity contribution in [1.29, 1.82) is 0 Å². The van der Waals surface area contributed by atoms with Crippen molar-refractivity contribution >= 4 is 22.4 Å². The average molecular weight is 293 g/mol. The Morgan fingerprint density at radius 2 is 1.55 bits per heavy atom. The standard InChI is InChI=1S/C18H22ClF/c1-3-7-13(8-4-2)18(19)16-11-12-17(20)15-10-6-5-9-14(15)16/h5-6,9-13,18H,3-4,7-8H2,1-2H3. The van der Waals surface area contributed by atoms with E-state index in [2.05, 4.69) is 13.8 Å². The Kier molecular flexibility index (Phi) is 5.42. The van der Waals surface area contributed by atoms with Crippen LogP contribution in [0.5, 0.6) is 0 Å². The van der Waals surface area contributed by atoms with Gasteiger partial charge < -0.3 is 0 Å². The Labute approximate surface area is 126 Å². The quantitative estimate of drug-likeness (QED) is 0.535. The molecule has 1 unspecified atom stereocenters. The molecular weight excluding hydrogens is 271 g/mol. The van der Waals surface area contributed by atoms with E-state index in [0.29, 0.717) is 11.3 Å². The van der Waals surface area contributed by atoms with Gasteiger partial charge in [-0.3, -0.25) is 0 Å². The number of rotatable bonds is 6. The zero-order valence-electron chi connectivity index (χ0n) is 12.2. The highest BCUT2D eigenvalue weighted by Gasteiger charge is 2.22. The summed E-state index contributed by atoms with van der Waals surface area (Å²) in [4.78, 5) is 0. The maximum atomic E-state index is 13.9. The fraction of sp³-hybridized carbons (Fsp3) is 0.444. The molecule has 0 N–H and O–H groups in total. The van der Waals surface area contributed by atoms with Crippen LogP contribution in [0.15, 0.2) is 36.4 Å². The van der Waals surface area contributed by atoms with Crippen LogP contribution in [0, 0.1) is 11.7 Å². The second-order valence-corrected chi connectivity index (χ2v) is 5.89. The minimum Gasteiger partial charge on any atom is -0.206 e. The van der Waals surface area contributed by atoms with Crippen molar-refractivity contribution in [2.45, 2.75) is 44.9 Å². The first-order valence-corrected chi connectivity index (χ1v) is 7.93. The van der Waals surface area contributed by atoms with E-state index in [4.69, 9.17) is 11.6 Å². The summed E-state index contributed by atoms with van der Waals surface area (Å²) in [5.74, 6) is 0.288. The van der Waals surface area contributed by atoms with Gasteiger partial charge in [-0.25, -0.2) is 4.39 Å². The SMILES string of the molecule is CCCC(CCC)C(Cl)c1ccc(F)c2ccccc12. The monoisotopic (exact) mass is 292 g/mol. The molecule has 0 saturated carbocycles. The number of halogens is 2. The van der Waals surface area contributed by atoms with Gasteiger partial charge in [-0.05, 0) is 35.8 Å². The summed E-state index contributed by atoms with van der Waals surface area (Å²) in [5, 5.41) is 1.58. The number of benzene rings is 2. The lowest BCUT2D eigenvalue weighted by Crippen LogP contribution is -2.08. The van der Waals surface area contributed by atoms with E-state index in [1.807, 2.05) is 30.3 Å². The molecule has 0 fully saturated rings. The topological polar surface area (TPSA) is 0 Å². The number of hydrogen-bond acceptors (Lipinski definition) is 0. The highest BCUT2D eigenvalue weighted by Crippen LogP contribution is 2.38. The van der Waals surface area contributed by atoms with Gasteiger partial charge in [0, 0.05) is 5.39 Å². The Balaban J connectivity index is 2.43. The average Bonchev–Trinajstić information content (AvgIpc) is 2.47. The van der Waals surface area contributed by atoms with Crippen molar-refractivity contribution in [1.82, 2.24) is 0 Å². The van der Waals surface area contributed by atoms with E-state index < -0.39 is 0 Å². The number of fused-ring (bicyclic) bond motifs is 1. The lowest BCUT2D eigenvalue weighted by Gasteiger charge is -2.23. The van der Waals surface area contributed by atoms with Gasteiger partial charge in [-0.2, -0.15) is 0 Å². The summed E-state index contributed by atoms with van der Waals surface area (Å²) in [5.41, 5.74) is 1.07. The molecule has 0 heterocycles. The highest BCUT2D eigenvalue weighted by molar-refractivity contribution is 6.22. The van der Waals surface area contributed by atoms with Gasteiger partial charge in [0.05, 0.1) is 5.38 Å². The molecule has 2 heteroatoms. The van der Waals surface area contributed by atoms with Crippen LogP contribution in [0.25, 0.3) is 10.8 Å². The molecule has 0 aliphatic rings. The molecule has 1 atom stereocenters. The summed E-state index contributed by atoms with van der Waals surface area (Å²) >= 11 is 6.74.